The average molecular weight is 274 g/mol. The summed E-state index contributed by atoms with van der Waals surface area (Å²) in [5.41, 5.74) is 0. The average Bonchev–Trinajstić information content (AvgIpc) is 2.66. The number of methoxy groups -OCH3 is 1. The van der Waals surface area contributed by atoms with Crippen LogP contribution in [0.4, 0.5) is 0 Å². The Balaban J connectivity index is 2.81. The van der Waals surface area contributed by atoms with Gasteiger partial charge in [-0.1, -0.05) is 0 Å². The summed E-state index contributed by atoms with van der Waals surface area (Å²) in [5, 5.41) is 8.49. The van der Waals surface area contributed by atoms with Gasteiger partial charge in [0.05, 0.1) is 24.7 Å². The van der Waals surface area contributed by atoms with Gasteiger partial charge in [-0.05, 0) is 6.42 Å². The molecule has 0 bridgehead atoms. The normalized spacial score (nSPS) is 21.0. The van der Waals surface area contributed by atoms with Gasteiger partial charge in [0, 0.05) is 6.04 Å². The SMILES string of the molecule is COC(=O)CN(C(=O)CC#N)[C@@H]1CCS(=O)(=O)C1. The van der Waals surface area contributed by atoms with Gasteiger partial charge in [0.25, 0.3) is 0 Å². The van der Waals surface area contributed by atoms with Gasteiger partial charge in [0.15, 0.2) is 9.84 Å². The van der Waals surface area contributed by atoms with Gasteiger partial charge in [0.2, 0.25) is 5.91 Å². The van der Waals surface area contributed by atoms with Crippen molar-refractivity contribution in [1.82, 2.24) is 4.90 Å². The third kappa shape index (κ3) is 3.70. The number of nitriles is 1. The number of sulfone groups is 1. The fraction of sp³-hybridized carbons (Fsp3) is 0.700. The first-order chi connectivity index (χ1) is 8.39. The van der Waals surface area contributed by atoms with E-state index in [0.29, 0.717) is 0 Å². The standard InChI is InChI=1S/C10H14N2O5S/c1-17-10(14)6-12(9(13)2-4-11)8-3-5-18(15,16)7-8/h8H,2-3,5-7H2,1H3/t8-/m1/s1. The van der Waals surface area contributed by atoms with E-state index in [2.05, 4.69) is 4.74 Å². The molecule has 1 fully saturated rings. The van der Waals surface area contributed by atoms with Crippen LogP contribution < -0.4 is 0 Å². The van der Waals surface area contributed by atoms with Crippen LogP contribution in [0, 0.1) is 11.3 Å². The van der Waals surface area contributed by atoms with E-state index in [1.807, 2.05) is 0 Å². The summed E-state index contributed by atoms with van der Waals surface area (Å²) in [6.07, 6.45) is -0.0932. The summed E-state index contributed by atoms with van der Waals surface area (Å²) >= 11 is 0. The number of carbonyl (C=O) groups excluding carboxylic acids is 2. The third-order valence-electron chi connectivity index (χ3n) is 2.73. The summed E-state index contributed by atoms with van der Waals surface area (Å²) in [6.45, 7) is -0.322. The highest BCUT2D eigenvalue weighted by Gasteiger charge is 2.35. The molecule has 18 heavy (non-hydrogen) atoms. The summed E-state index contributed by atoms with van der Waals surface area (Å²) in [5.74, 6) is -1.35. The molecular weight excluding hydrogens is 260 g/mol. The van der Waals surface area contributed by atoms with Crippen molar-refractivity contribution in [2.45, 2.75) is 18.9 Å². The van der Waals surface area contributed by atoms with Crippen LogP contribution in [0.3, 0.4) is 0 Å². The van der Waals surface area contributed by atoms with Crippen molar-refractivity contribution in [3.05, 3.63) is 0 Å². The smallest absolute Gasteiger partial charge is 0.325 e. The Hall–Kier alpha value is -1.62. The predicted molar refractivity (Wildman–Crippen MR) is 61.0 cm³/mol. The Morgan fingerprint density at radius 1 is 1.50 bits per heavy atom. The lowest BCUT2D eigenvalue weighted by Crippen LogP contribution is -2.44. The van der Waals surface area contributed by atoms with E-state index in [1.54, 1.807) is 6.07 Å². The van der Waals surface area contributed by atoms with Crippen molar-refractivity contribution < 1.29 is 22.7 Å². The first kappa shape index (κ1) is 14.4. The lowest BCUT2D eigenvalue weighted by molar-refractivity contribution is -0.148. The van der Waals surface area contributed by atoms with Crippen molar-refractivity contribution in [2.75, 3.05) is 25.2 Å². The summed E-state index contributed by atoms with van der Waals surface area (Å²) in [7, 11) is -1.98. The molecule has 1 atom stereocenters. The molecular formula is C10H14N2O5S. The van der Waals surface area contributed by atoms with Gasteiger partial charge < -0.3 is 9.64 Å². The van der Waals surface area contributed by atoms with Gasteiger partial charge in [-0.25, -0.2) is 8.42 Å². The highest BCUT2D eigenvalue weighted by Crippen LogP contribution is 2.18. The van der Waals surface area contributed by atoms with E-state index in [9.17, 15) is 18.0 Å². The van der Waals surface area contributed by atoms with Gasteiger partial charge >= 0.3 is 5.97 Å². The number of amides is 1. The van der Waals surface area contributed by atoms with Gasteiger partial charge in [-0.15, -0.1) is 0 Å². The van der Waals surface area contributed by atoms with Crippen LogP contribution >= 0.6 is 0 Å². The van der Waals surface area contributed by atoms with Gasteiger partial charge in [0.1, 0.15) is 13.0 Å². The first-order valence-corrected chi connectivity index (χ1v) is 7.15. The molecule has 0 aromatic heterocycles. The molecule has 0 aromatic carbocycles. The largest absolute Gasteiger partial charge is 0.468 e. The molecule has 0 radical (unpaired) electrons. The van der Waals surface area contributed by atoms with Crippen LogP contribution in [0.15, 0.2) is 0 Å². The maximum Gasteiger partial charge on any atom is 0.325 e. The molecule has 1 aliphatic heterocycles. The van der Waals surface area contributed by atoms with Crippen molar-refractivity contribution >= 4 is 21.7 Å². The minimum atomic E-state index is -3.16. The zero-order chi connectivity index (χ0) is 13.8. The van der Waals surface area contributed by atoms with Crippen molar-refractivity contribution in [1.29, 1.82) is 5.26 Å². The molecule has 0 N–H and O–H groups in total. The molecule has 1 rings (SSSR count). The number of hydrogen-bond acceptors (Lipinski definition) is 6. The molecule has 1 heterocycles. The lowest BCUT2D eigenvalue weighted by Gasteiger charge is -2.26. The van der Waals surface area contributed by atoms with Crippen LogP contribution in [-0.4, -0.2) is 56.4 Å². The second-order valence-corrected chi connectivity index (χ2v) is 6.22. The van der Waals surface area contributed by atoms with Crippen LogP contribution in [0.25, 0.3) is 0 Å². The Bertz CT molecular complexity index is 479. The van der Waals surface area contributed by atoms with E-state index < -0.39 is 27.8 Å². The van der Waals surface area contributed by atoms with Crippen LogP contribution in [-0.2, 0) is 24.2 Å². The minimum absolute atomic E-state index is 0.00479. The van der Waals surface area contributed by atoms with Crippen molar-refractivity contribution in [3.8, 4) is 6.07 Å². The molecule has 0 saturated carbocycles. The maximum absolute atomic E-state index is 11.7. The van der Waals surface area contributed by atoms with E-state index in [0.717, 1.165) is 4.90 Å². The Labute approximate surface area is 105 Å². The fourth-order valence-corrected chi connectivity index (χ4v) is 3.55. The number of hydrogen-bond donors (Lipinski definition) is 0. The fourth-order valence-electron chi connectivity index (χ4n) is 1.81. The third-order valence-corrected chi connectivity index (χ3v) is 4.48. The van der Waals surface area contributed by atoms with Crippen molar-refractivity contribution in [3.63, 3.8) is 0 Å². The van der Waals surface area contributed by atoms with Crippen LogP contribution in [0.5, 0.6) is 0 Å². The molecule has 0 unspecified atom stereocenters. The molecule has 1 amide bonds. The van der Waals surface area contributed by atoms with E-state index in [1.165, 1.54) is 7.11 Å². The van der Waals surface area contributed by atoms with Crippen LogP contribution in [0.2, 0.25) is 0 Å². The summed E-state index contributed by atoms with van der Waals surface area (Å²) < 4.78 is 27.2. The van der Waals surface area contributed by atoms with E-state index >= 15 is 0 Å². The minimum Gasteiger partial charge on any atom is -0.468 e. The second kappa shape index (κ2) is 5.82. The van der Waals surface area contributed by atoms with Gasteiger partial charge in [-0.2, -0.15) is 5.26 Å². The van der Waals surface area contributed by atoms with Crippen LogP contribution in [0.1, 0.15) is 12.8 Å². The molecule has 8 heteroatoms. The Morgan fingerprint density at radius 3 is 2.61 bits per heavy atom. The van der Waals surface area contributed by atoms with E-state index in [4.69, 9.17) is 5.26 Å². The predicted octanol–water partition coefficient (Wildman–Crippen LogP) is -0.911. The number of esters is 1. The quantitative estimate of drug-likeness (QED) is 0.614. The number of rotatable bonds is 4. The molecule has 7 nitrogen and oxygen atoms in total. The van der Waals surface area contributed by atoms with Crippen molar-refractivity contribution in [2.24, 2.45) is 0 Å². The number of ether oxygens (including phenoxy) is 1. The monoisotopic (exact) mass is 274 g/mol. The molecule has 0 spiro atoms. The zero-order valence-electron chi connectivity index (χ0n) is 9.96. The molecule has 1 saturated heterocycles. The second-order valence-electron chi connectivity index (χ2n) is 3.99. The highest BCUT2D eigenvalue weighted by atomic mass is 32.2. The first-order valence-electron chi connectivity index (χ1n) is 5.33. The van der Waals surface area contributed by atoms with E-state index in [-0.39, 0.29) is 30.9 Å². The molecule has 100 valence electrons. The Morgan fingerprint density at radius 2 is 2.17 bits per heavy atom. The Kier molecular flexibility index (Phi) is 4.67. The maximum atomic E-state index is 11.7. The summed E-state index contributed by atoms with van der Waals surface area (Å²) in [6, 6.07) is 1.14. The number of nitrogens with zero attached hydrogens (tertiary/aromatic N) is 2. The zero-order valence-corrected chi connectivity index (χ0v) is 10.8. The summed E-state index contributed by atoms with van der Waals surface area (Å²) in [4.78, 5) is 24.0. The topological polar surface area (TPSA) is 105 Å². The lowest BCUT2D eigenvalue weighted by atomic mass is 10.2. The van der Waals surface area contributed by atoms with Gasteiger partial charge in [-0.3, -0.25) is 9.59 Å². The number of carbonyl (C=O) groups is 2. The molecule has 0 aromatic rings. The molecule has 0 aliphatic carbocycles. The molecule has 1 aliphatic rings. The highest BCUT2D eigenvalue weighted by molar-refractivity contribution is 7.91.